The van der Waals surface area contributed by atoms with E-state index in [1.807, 2.05) is 0 Å². The van der Waals surface area contributed by atoms with Crippen LogP contribution in [0, 0.1) is 250 Å². The van der Waals surface area contributed by atoms with Crippen LogP contribution in [-0.4, -0.2) is 0 Å². The fourth-order valence-corrected chi connectivity index (χ4v) is 16.8. The third-order valence-corrected chi connectivity index (χ3v) is 25.8. The van der Waals surface area contributed by atoms with E-state index in [-0.39, 0.29) is 0 Å². The first-order valence-corrected chi connectivity index (χ1v) is 51.6. The highest BCUT2D eigenvalue weighted by Crippen LogP contribution is 2.34. The first kappa shape index (κ1) is 122. The molecule has 0 N–H and O–H groups in total. The number of rotatable bonds is 8. The molecule has 0 heteroatoms. The van der Waals surface area contributed by atoms with Crippen molar-refractivity contribution in [1.29, 1.82) is 0 Å². The van der Waals surface area contributed by atoms with Crippen molar-refractivity contribution in [2.24, 2.45) is 28.1 Å². The van der Waals surface area contributed by atoms with Crippen LogP contribution in [0.25, 0.3) is 66.1 Å². The summed E-state index contributed by atoms with van der Waals surface area (Å²) < 4.78 is 0. The van der Waals surface area contributed by atoms with E-state index in [9.17, 15) is 0 Å². The van der Waals surface area contributed by atoms with Gasteiger partial charge in [0.2, 0.25) is 0 Å². The minimum atomic E-state index is 0.500. The minimum Gasteiger partial charge on any atom is -0.0654 e. The molecule has 0 aliphatic carbocycles. The van der Waals surface area contributed by atoms with Gasteiger partial charge in [-0.25, -0.2) is 0 Å². The van der Waals surface area contributed by atoms with Crippen LogP contribution in [-0.2, 0) is 0 Å². The first-order valence-electron chi connectivity index (χ1n) is 51.6. The Bertz CT molecular complexity index is 5660. The van der Waals surface area contributed by atoms with Crippen LogP contribution >= 0.6 is 0 Å². The Morgan fingerprint density at radius 1 is 0.174 bits per heavy atom. The number of hydrogen-bond acceptors (Lipinski definition) is 0. The molecule has 0 bridgehead atoms. The van der Waals surface area contributed by atoms with Gasteiger partial charge in [-0.05, 0) is 480 Å². The molecule has 14 rings (SSSR count). The van der Waals surface area contributed by atoms with Gasteiger partial charge in [-0.1, -0.05) is 375 Å². The lowest BCUT2D eigenvalue weighted by molar-refractivity contribution is 0.373. The Morgan fingerprint density at radius 3 is 0.543 bits per heavy atom. The van der Waals surface area contributed by atoms with Gasteiger partial charge in [-0.3, -0.25) is 0 Å². The van der Waals surface area contributed by atoms with E-state index in [1.54, 1.807) is 0 Å². The summed E-state index contributed by atoms with van der Waals surface area (Å²) in [7, 11) is 0. The van der Waals surface area contributed by atoms with Gasteiger partial charge >= 0.3 is 0 Å². The van der Waals surface area contributed by atoms with Crippen LogP contribution < -0.4 is 0 Å². The lowest BCUT2D eigenvalue weighted by Gasteiger charge is -2.15. The second kappa shape index (κ2) is 57.4. The quantitative estimate of drug-likeness (QED) is 0.142. The monoisotopic (exact) mass is 1850 g/mol. The Morgan fingerprint density at radius 2 is 0.362 bits per heavy atom. The molecule has 0 saturated carbocycles. The Labute approximate surface area is 849 Å². The Hall–Kier alpha value is -10.4. The zero-order valence-corrected chi connectivity index (χ0v) is 97.0. The maximum absolute atomic E-state index is 2.27. The van der Waals surface area contributed by atoms with E-state index < -0.39 is 0 Å². The molecule has 0 unspecified atom stereocenters. The average Bonchev–Trinajstić information content (AvgIpc) is 0.813. The van der Waals surface area contributed by atoms with Crippen LogP contribution in [0.2, 0.25) is 0 Å². The summed E-state index contributed by atoms with van der Waals surface area (Å²) in [4.78, 5) is 0. The van der Waals surface area contributed by atoms with E-state index in [0.29, 0.717) is 16.2 Å². The highest BCUT2D eigenvalue weighted by Gasteiger charge is 2.13. The van der Waals surface area contributed by atoms with Gasteiger partial charge in [0.25, 0.3) is 0 Å². The molecule has 0 amide bonds. The van der Waals surface area contributed by atoms with E-state index in [2.05, 4.69) is 551 Å². The standard InChI is InChI=1S/4C16H18.2C14H16.2C10H14.3C7H16.C5H12/c2*1-11-5-8-16(14(4)9-11)15-7-6-12(2)13(3)10-15;1-11-5-7-15(9-13(11)3)16-8-6-12(2)14(4)10-16;1-11-5-7-15(13(3)9-11)16-8-6-12(2)10-14(16)4;1-9-5-13-7-11(3)12(4)8-14(13)6-10(9)2;1-9-5-11(3)14-8-10(2)6-12(4)13(14)7-9;2*1-7-5-9(3)10(4)6-8(7)2;1-6(2)5-7(3)4;2*1-5-6-7(2,3)4;1-5(2,3)4/h4*5-10H,1-4H3;2*5-8H,1-4H3;2*5-6H,1-4H3;6-7H,5H2,1-4H3;2*5-6H2,1-4H3;1-4H3. The van der Waals surface area contributed by atoms with Crippen molar-refractivity contribution in [3.05, 3.63) is 396 Å². The van der Waals surface area contributed by atoms with E-state index in [0.717, 1.165) is 11.8 Å². The second-order valence-electron chi connectivity index (χ2n) is 45.6. The van der Waals surface area contributed by atoms with Gasteiger partial charge in [-0.15, -0.1) is 0 Å². The van der Waals surface area contributed by atoms with E-state index in [4.69, 9.17) is 0 Å². The highest BCUT2D eigenvalue weighted by atomic mass is 14.2. The van der Waals surface area contributed by atoms with Gasteiger partial charge in [0.05, 0.1) is 0 Å². The van der Waals surface area contributed by atoms with Crippen molar-refractivity contribution in [2.75, 3.05) is 0 Å². The number of benzene rings is 14. The summed E-state index contributed by atoms with van der Waals surface area (Å²) in [5.41, 5.74) is 55.9. The fourth-order valence-electron chi connectivity index (χ4n) is 16.8. The van der Waals surface area contributed by atoms with Gasteiger partial charge in [0, 0.05) is 0 Å². The Balaban J connectivity index is 0.000000393. The van der Waals surface area contributed by atoms with Gasteiger partial charge in [0.1, 0.15) is 0 Å². The molecule has 0 radical (unpaired) electrons. The maximum Gasteiger partial charge on any atom is -0.0149 e. The van der Waals surface area contributed by atoms with Crippen molar-refractivity contribution in [3.8, 4) is 44.5 Å². The second-order valence-corrected chi connectivity index (χ2v) is 45.6. The molecular formula is C138H192. The predicted octanol–water partition coefficient (Wildman–Crippen LogP) is 42.7. The molecule has 138 heavy (non-hydrogen) atoms. The summed E-state index contributed by atoms with van der Waals surface area (Å²) in [6.07, 6.45) is 6.66. The zero-order chi connectivity index (χ0) is 105. The van der Waals surface area contributed by atoms with Crippen LogP contribution in [0.15, 0.2) is 218 Å². The average molecular weight is 1850 g/mol. The third kappa shape index (κ3) is 44.4. The minimum absolute atomic E-state index is 0.500. The van der Waals surface area contributed by atoms with Crippen molar-refractivity contribution < 1.29 is 0 Å². The van der Waals surface area contributed by atoms with Crippen molar-refractivity contribution >= 4 is 21.5 Å². The van der Waals surface area contributed by atoms with Crippen LogP contribution in [0.4, 0.5) is 0 Å². The topological polar surface area (TPSA) is 0 Å². The highest BCUT2D eigenvalue weighted by molar-refractivity contribution is 5.90. The molecule has 0 nitrogen and oxygen atoms in total. The third-order valence-electron chi connectivity index (χ3n) is 25.8. The lowest BCUT2D eigenvalue weighted by Crippen LogP contribution is -2.02. The Kier molecular flexibility index (Phi) is 50.6. The smallest absolute Gasteiger partial charge is 0.0149 e. The summed E-state index contributed by atoms with van der Waals surface area (Å²) in [6, 6.07) is 80.4. The molecule has 0 fully saturated rings. The van der Waals surface area contributed by atoms with Crippen molar-refractivity contribution in [2.45, 2.75) is 364 Å². The molecule has 0 aliphatic heterocycles. The van der Waals surface area contributed by atoms with Crippen molar-refractivity contribution in [1.82, 2.24) is 0 Å². The molecule has 0 heterocycles. The fraction of sp³-hybridized carbons (Fsp3) is 0.420. The largest absolute Gasteiger partial charge is 0.0654 e. The summed E-state index contributed by atoms with van der Waals surface area (Å²) >= 11 is 0. The summed E-state index contributed by atoms with van der Waals surface area (Å²) in [5.74, 6) is 1.75. The SMILES string of the molecule is CC(C)(C)C.CC(C)CC(C)C.CCCC(C)(C)C.CCCC(C)(C)C.Cc1cc(C)c(C)cc1C.Cc1cc(C)c(C)cc1C.Cc1cc(C)c2cc(C)cc(C)c2c1.Cc1cc2cc(C)c(C)cc2cc1C.Cc1ccc(-c2ccc(C)c(C)c2)c(C)c1.Cc1ccc(-c2ccc(C)c(C)c2)c(C)c1.Cc1ccc(-c2ccc(C)c(C)c2)cc1C.Cc1ccc(-c2ccc(C)cc2C)c(C)c1. The van der Waals surface area contributed by atoms with Crippen LogP contribution in [0.5, 0.6) is 0 Å². The van der Waals surface area contributed by atoms with E-state index in [1.165, 1.54) is 276 Å². The molecule has 0 spiro atoms. The summed E-state index contributed by atoms with van der Waals surface area (Å²) in [5, 5.41) is 5.51. The zero-order valence-electron chi connectivity index (χ0n) is 97.0. The summed E-state index contributed by atoms with van der Waals surface area (Å²) in [6.45, 7) is 105. The van der Waals surface area contributed by atoms with Crippen LogP contribution in [0.1, 0.15) is 321 Å². The first-order chi connectivity index (χ1) is 63.9. The molecule has 14 aromatic rings. The normalized spacial score (nSPS) is 10.7. The molecular weight excluding hydrogens is 1660 g/mol. The van der Waals surface area contributed by atoms with Gasteiger partial charge in [-0.2, -0.15) is 0 Å². The molecule has 744 valence electrons. The van der Waals surface area contributed by atoms with Crippen molar-refractivity contribution in [3.63, 3.8) is 0 Å². The lowest BCUT2D eigenvalue weighted by atomic mass is 9.91. The molecule has 0 aliphatic rings. The molecule has 0 saturated heterocycles. The van der Waals surface area contributed by atoms with Gasteiger partial charge < -0.3 is 0 Å². The molecule has 14 aromatic carbocycles. The van der Waals surface area contributed by atoms with Crippen LogP contribution in [0.3, 0.4) is 0 Å². The predicted molar refractivity (Wildman–Crippen MR) is 628 cm³/mol. The number of aryl methyl sites for hydroxylation is 32. The molecule has 0 atom stereocenters. The maximum atomic E-state index is 2.27. The van der Waals surface area contributed by atoms with E-state index >= 15 is 0 Å². The number of hydrogen-bond donors (Lipinski definition) is 0. The number of fused-ring (bicyclic) bond motifs is 2. The van der Waals surface area contributed by atoms with Gasteiger partial charge in [0.15, 0.2) is 0 Å². The molecule has 0 aromatic heterocycles.